The molecule has 2 aromatic rings. The van der Waals surface area contributed by atoms with E-state index >= 15 is 0 Å². The maximum atomic E-state index is 12.5. The van der Waals surface area contributed by atoms with Gasteiger partial charge in [-0.2, -0.15) is 0 Å². The van der Waals surface area contributed by atoms with E-state index in [9.17, 15) is 4.79 Å². The summed E-state index contributed by atoms with van der Waals surface area (Å²) in [4.78, 5) is 12.5. The van der Waals surface area contributed by atoms with Crippen molar-refractivity contribution in [1.82, 2.24) is 5.32 Å². The van der Waals surface area contributed by atoms with Gasteiger partial charge in [0.15, 0.2) is 6.61 Å². The number of fused-ring (bicyclic) bond motifs is 1. The van der Waals surface area contributed by atoms with Crippen LogP contribution in [-0.4, -0.2) is 25.2 Å². The molecular formula is C22H27NO4. The van der Waals surface area contributed by atoms with Crippen LogP contribution in [0, 0.1) is 13.8 Å². The number of benzene rings is 2. The second-order valence-corrected chi connectivity index (χ2v) is 7.58. The quantitative estimate of drug-likeness (QED) is 0.862. The zero-order chi connectivity index (χ0) is 19.6. The Kier molecular flexibility index (Phi) is 5.31. The van der Waals surface area contributed by atoms with Crippen LogP contribution in [0.2, 0.25) is 0 Å². The Balaban J connectivity index is 1.71. The zero-order valence-electron chi connectivity index (χ0n) is 16.6. The van der Waals surface area contributed by atoms with Gasteiger partial charge in [0, 0.05) is 18.1 Å². The number of rotatable bonds is 5. The lowest BCUT2D eigenvalue weighted by Crippen LogP contribution is -2.42. The first-order chi connectivity index (χ1) is 12.8. The Labute approximate surface area is 160 Å². The van der Waals surface area contributed by atoms with Crippen LogP contribution in [0.25, 0.3) is 0 Å². The summed E-state index contributed by atoms with van der Waals surface area (Å²) < 4.78 is 17.1. The highest BCUT2D eigenvalue weighted by Crippen LogP contribution is 2.41. The van der Waals surface area contributed by atoms with Gasteiger partial charge in [0.1, 0.15) is 22.8 Å². The van der Waals surface area contributed by atoms with Gasteiger partial charge in [-0.1, -0.05) is 12.1 Å². The van der Waals surface area contributed by atoms with Crippen molar-refractivity contribution in [3.8, 4) is 17.2 Å². The van der Waals surface area contributed by atoms with Crippen LogP contribution < -0.4 is 19.5 Å². The number of carbonyl (C=O) groups is 1. The third-order valence-electron chi connectivity index (χ3n) is 4.93. The molecule has 0 radical (unpaired) electrons. The minimum atomic E-state index is -0.384. The molecule has 0 saturated heterocycles. The first-order valence-corrected chi connectivity index (χ1v) is 9.14. The molecule has 3 rings (SSSR count). The molecule has 1 amide bonds. The first-order valence-electron chi connectivity index (χ1n) is 9.14. The molecule has 0 saturated carbocycles. The molecule has 2 aromatic carbocycles. The van der Waals surface area contributed by atoms with E-state index in [0.717, 1.165) is 33.9 Å². The maximum absolute atomic E-state index is 12.5. The van der Waals surface area contributed by atoms with Gasteiger partial charge in [0.25, 0.3) is 5.91 Å². The van der Waals surface area contributed by atoms with Gasteiger partial charge in [-0.25, -0.2) is 0 Å². The highest BCUT2D eigenvalue weighted by Gasteiger charge is 2.34. The van der Waals surface area contributed by atoms with Crippen LogP contribution in [0.5, 0.6) is 17.2 Å². The van der Waals surface area contributed by atoms with Crippen LogP contribution in [0.4, 0.5) is 0 Å². The third kappa shape index (κ3) is 4.35. The van der Waals surface area contributed by atoms with E-state index in [0.29, 0.717) is 6.42 Å². The number of ether oxygens (including phenoxy) is 3. The number of nitrogens with one attached hydrogen (secondary N) is 1. The lowest BCUT2D eigenvalue weighted by Gasteiger charge is -2.38. The number of hydrogen-bond acceptors (Lipinski definition) is 4. The first kappa shape index (κ1) is 19.1. The highest BCUT2D eigenvalue weighted by atomic mass is 16.5. The SMILES string of the molecule is COc1ccc2c(c1)OC(C)(C)C[C@H]2NC(=O)COc1cccc(C)c1C. The molecule has 0 spiro atoms. The van der Waals surface area contributed by atoms with Crippen LogP contribution >= 0.6 is 0 Å². The summed E-state index contributed by atoms with van der Waals surface area (Å²) in [5.41, 5.74) is 2.76. The fourth-order valence-electron chi connectivity index (χ4n) is 3.35. The van der Waals surface area contributed by atoms with Gasteiger partial charge < -0.3 is 19.5 Å². The lowest BCUT2D eigenvalue weighted by molar-refractivity contribution is -0.124. The predicted octanol–water partition coefficient (Wildman–Crippen LogP) is 4.11. The summed E-state index contributed by atoms with van der Waals surface area (Å²) in [6.45, 7) is 8.03. The number of aryl methyl sites for hydroxylation is 1. The molecule has 1 atom stereocenters. The van der Waals surface area contributed by atoms with E-state index in [1.54, 1.807) is 7.11 Å². The fourth-order valence-corrected chi connectivity index (χ4v) is 3.35. The molecule has 1 N–H and O–H groups in total. The molecule has 5 heteroatoms. The summed E-state index contributed by atoms with van der Waals surface area (Å²) in [6, 6.07) is 11.4. The summed E-state index contributed by atoms with van der Waals surface area (Å²) >= 11 is 0. The Morgan fingerprint density at radius 1 is 1.26 bits per heavy atom. The molecule has 27 heavy (non-hydrogen) atoms. The molecule has 1 aliphatic heterocycles. The minimum absolute atomic E-state index is 0.0203. The van der Waals surface area contributed by atoms with Crippen molar-refractivity contribution in [2.24, 2.45) is 0 Å². The van der Waals surface area contributed by atoms with Crippen molar-refractivity contribution in [3.63, 3.8) is 0 Å². The normalized spacial score (nSPS) is 17.4. The number of carbonyl (C=O) groups excluding carboxylic acids is 1. The molecule has 1 heterocycles. The molecular weight excluding hydrogens is 342 g/mol. The molecule has 0 unspecified atom stereocenters. The molecule has 0 aliphatic carbocycles. The number of methoxy groups -OCH3 is 1. The van der Waals surface area contributed by atoms with Crippen LogP contribution in [0.15, 0.2) is 36.4 Å². The van der Waals surface area contributed by atoms with Gasteiger partial charge in [-0.3, -0.25) is 4.79 Å². The average molecular weight is 369 g/mol. The van der Waals surface area contributed by atoms with E-state index in [1.807, 2.05) is 64.1 Å². The Morgan fingerprint density at radius 3 is 2.78 bits per heavy atom. The Hall–Kier alpha value is -2.69. The van der Waals surface area contributed by atoms with E-state index in [1.165, 1.54) is 0 Å². The van der Waals surface area contributed by atoms with Gasteiger partial charge in [0.2, 0.25) is 0 Å². The largest absolute Gasteiger partial charge is 0.497 e. The van der Waals surface area contributed by atoms with Crippen LogP contribution in [0.3, 0.4) is 0 Å². The van der Waals surface area contributed by atoms with E-state index in [2.05, 4.69) is 5.32 Å². The standard InChI is InChI=1S/C22H27NO4/c1-14-7-6-8-19(15(14)2)26-13-21(24)23-18-12-22(3,4)27-20-11-16(25-5)9-10-17(18)20/h6-11,18H,12-13H2,1-5H3,(H,23,24)/t18-/m1/s1. The predicted molar refractivity (Wildman–Crippen MR) is 105 cm³/mol. The number of hydrogen-bond donors (Lipinski definition) is 1. The fraction of sp³-hybridized carbons (Fsp3) is 0.409. The Bertz CT molecular complexity index is 844. The van der Waals surface area contributed by atoms with Gasteiger partial charge >= 0.3 is 0 Å². The summed E-state index contributed by atoms with van der Waals surface area (Å²) in [5.74, 6) is 2.06. The zero-order valence-corrected chi connectivity index (χ0v) is 16.6. The molecule has 0 bridgehead atoms. The molecule has 1 aliphatic rings. The maximum Gasteiger partial charge on any atom is 0.258 e. The second-order valence-electron chi connectivity index (χ2n) is 7.58. The number of amides is 1. The van der Waals surface area contributed by atoms with Gasteiger partial charge in [0.05, 0.1) is 13.2 Å². The van der Waals surface area contributed by atoms with Crippen LogP contribution in [0.1, 0.15) is 43.0 Å². The summed E-state index contributed by atoms with van der Waals surface area (Å²) in [5, 5.41) is 3.09. The Morgan fingerprint density at radius 2 is 2.04 bits per heavy atom. The summed E-state index contributed by atoms with van der Waals surface area (Å²) in [6.07, 6.45) is 0.682. The monoisotopic (exact) mass is 369 g/mol. The molecule has 0 aromatic heterocycles. The second kappa shape index (κ2) is 7.51. The topological polar surface area (TPSA) is 56.8 Å². The van der Waals surface area contributed by atoms with Crippen molar-refractivity contribution < 1.29 is 19.0 Å². The van der Waals surface area contributed by atoms with Crippen molar-refractivity contribution >= 4 is 5.91 Å². The average Bonchev–Trinajstić information content (AvgIpc) is 2.61. The molecule has 5 nitrogen and oxygen atoms in total. The molecule has 144 valence electrons. The van der Waals surface area contributed by atoms with E-state index in [4.69, 9.17) is 14.2 Å². The van der Waals surface area contributed by atoms with Crippen molar-refractivity contribution in [2.45, 2.75) is 45.8 Å². The summed E-state index contributed by atoms with van der Waals surface area (Å²) in [7, 11) is 1.62. The van der Waals surface area contributed by atoms with Gasteiger partial charge in [-0.05, 0) is 57.0 Å². The van der Waals surface area contributed by atoms with Crippen molar-refractivity contribution in [3.05, 3.63) is 53.1 Å². The molecule has 0 fully saturated rings. The van der Waals surface area contributed by atoms with E-state index < -0.39 is 0 Å². The van der Waals surface area contributed by atoms with Crippen LogP contribution in [-0.2, 0) is 4.79 Å². The lowest BCUT2D eigenvalue weighted by atomic mass is 9.89. The van der Waals surface area contributed by atoms with Crippen molar-refractivity contribution in [1.29, 1.82) is 0 Å². The van der Waals surface area contributed by atoms with E-state index in [-0.39, 0.29) is 24.2 Å². The minimum Gasteiger partial charge on any atom is -0.497 e. The van der Waals surface area contributed by atoms with Gasteiger partial charge in [-0.15, -0.1) is 0 Å². The highest BCUT2D eigenvalue weighted by molar-refractivity contribution is 5.78. The third-order valence-corrected chi connectivity index (χ3v) is 4.93. The smallest absolute Gasteiger partial charge is 0.258 e. The van der Waals surface area contributed by atoms with Crippen molar-refractivity contribution in [2.75, 3.05) is 13.7 Å².